The van der Waals surface area contributed by atoms with Gasteiger partial charge in [0.05, 0.1) is 11.3 Å². The number of aromatic carboxylic acids is 1. The normalized spacial score (nSPS) is 13.7. The van der Waals surface area contributed by atoms with E-state index in [2.05, 4.69) is 11.9 Å². The van der Waals surface area contributed by atoms with Crippen LogP contribution < -0.4 is 5.32 Å². The summed E-state index contributed by atoms with van der Waals surface area (Å²) in [6.07, 6.45) is 3.57. The van der Waals surface area contributed by atoms with Crippen molar-refractivity contribution >= 4 is 29.3 Å². The van der Waals surface area contributed by atoms with E-state index in [0.717, 1.165) is 12.8 Å². The molecule has 0 bridgehead atoms. The van der Waals surface area contributed by atoms with Gasteiger partial charge in [0.15, 0.2) is 0 Å². The quantitative estimate of drug-likeness (QED) is 0.819. The molecule has 5 nitrogen and oxygen atoms in total. The van der Waals surface area contributed by atoms with E-state index < -0.39 is 5.97 Å². The predicted octanol–water partition coefficient (Wildman–Crippen LogP) is 3.22. The van der Waals surface area contributed by atoms with Crippen LogP contribution in [0.5, 0.6) is 0 Å². The SMILES string of the molecule is C=CCN(C(=O)Nc1cc(Cl)ccc1C(=O)O)C1CC1. The molecule has 1 saturated carbocycles. The molecule has 0 saturated heterocycles. The van der Waals surface area contributed by atoms with Crippen LogP contribution in [-0.2, 0) is 0 Å². The number of hydrogen-bond acceptors (Lipinski definition) is 2. The van der Waals surface area contributed by atoms with Gasteiger partial charge in [-0.15, -0.1) is 6.58 Å². The van der Waals surface area contributed by atoms with Gasteiger partial charge in [-0.1, -0.05) is 17.7 Å². The Hall–Kier alpha value is -2.01. The lowest BCUT2D eigenvalue weighted by Crippen LogP contribution is -2.37. The first-order chi connectivity index (χ1) is 9.52. The average molecular weight is 295 g/mol. The minimum Gasteiger partial charge on any atom is -0.478 e. The van der Waals surface area contributed by atoms with Crippen molar-refractivity contribution in [3.8, 4) is 0 Å². The molecule has 0 radical (unpaired) electrons. The van der Waals surface area contributed by atoms with E-state index in [1.54, 1.807) is 11.0 Å². The van der Waals surface area contributed by atoms with E-state index in [9.17, 15) is 9.59 Å². The first kappa shape index (κ1) is 14.4. The van der Waals surface area contributed by atoms with Gasteiger partial charge in [-0.2, -0.15) is 0 Å². The van der Waals surface area contributed by atoms with Crippen molar-refractivity contribution < 1.29 is 14.7 Å². The maximum absolute atomic E-state index is 12.2. The summed E-state index contributed by atoms with van der Waals surface area (Å²) in [7, 11) is 0. The molecule has 0 unspecified atom stereocenters. The molecule has 0 spiro atoms. The Morgan fingerprint density at radius 1 is 1.50 bits per heavy atom. The molecule has 20 heavy (non-hydrogen) atoms. The minimum absolute atomic E-state index is 0.0112. The third-order valence-electron chi connectivity index (χ3n) is 3.03. The number of urea groups is 1. The largest absolute Gasteiger partial charge is 0.478 e. The van der Waals surface area contributed by atoms with Gasteiger partial charge in [0.2, 0.25) is 0 Å². The Labute approximate surface area is 121 Å². The zero-order chi connectivity index (χ0) is 14.7. The van der Waals surface area contributed by atoms with Crippen LogP contribution in [0.2, 0.25) is 5.02 Å². The van der Waals surface area contributed by atoms with Crippen molar-refractivity contribution in [2.45, 2.75) is 18.9 Å². The zero-order valence-corrected chi connectivity index (χ0v) is 11.6. The van der Waals surface area contributed by atoms with Gasteiger partial charge < -0.3 is 15.3 Å². The first-order valence-corrected chi connectivity index (χ1v) is 6.62. The highest BCUT2D eigenvalue weighted by molar-refractivity contribution is 6.31. The fraction of sp³-hybridized carbons (Fsp3) is 0.286. The summed E-state index contributed by atoms with van der Waals surface area (Å²) in [5, 5.41) is 12.1. The topological polar surface area (TPSA) is 69.6 Å². The van der Waals surface area contributed by atoms with E-state index in [1.807, 2.05) is 0 Å². The van der Waals surface area contributed by atoms with Crippen LogP contribution in [0.3, 0.4) is 0 Å². The Kier molecular flexibility index (Phi) is 4.29. The molecule has 6 heteroatoms. The van der Waals surface area contributed by atoms with E-state index in [-0.39, 0.29) is 23.3 Å². The number of rotatable bonds is 5. The fourth-order valence-corrected chi connectivity index (χ4v) is 2.09. The second-order valence-corrected chi connectivity index (χ2v) is 5.03. The number of halogens is 1. The van der Waals surface area contributed by atoms with Gasteiger partial charge in [0, 0.05) is 17.6 Å². The Morgan fingerprint density at radius 2 is 2.20 bits per heavy atom. The molecule has 106 valence electrons. The lowest BCUT2D eigenvalue weighted by atomic mass is 10.2. The van der Waals surface area contributed by atoms with Crippen LogP contribution in [0.1, 0.15) is 23.2 Å². The number of carbonyl (C=O) groups is 2. The maximum Gasteiger partial charge on any atom is 0.337 e. The molecule has 0 aromatic heterocycles. The molecule has 1 aromatic carbocycles. The lowest BCUT2D eigenvalue weighted by Gasteiger charge is -2.21. The summed E-state index contributed by atoms with van der Waals surface area (Å²) in [5.41, 5.74) is 0.210. The van der Waals surface area contributed by atoms with Gasteiger partial charge >= 0.3 is 12.0 Å². The molecule has 0 atom stereocenters. The van der Waals surface area contributed by atoms with Crippen molar-refractivity contribution in [1.29, 1.82) is 0 Å². The Bertz CT molecular complexity index is 555. The number of nitrogens with one attached hydrogen (secondary N) is 1. The molecule has 2 rings (SSSR count). The number of benzene rings is 1. The van der Waals surface area contributed by atoms with Gasteiger partial charge in [-0.25, -0.2) is 9.59 Å². The molecular weight excluding hydrogens is 280 g/mol. The van der Waals surface area contributed by atoms with Crippen molar-refractivity contribution in [2.24, 2.45) is 0 Å². The van der Waals surface area contributed by atoms with Crippen LogP contribution in [0.25, 0.3) is 0 Å². The van der Waals surface area contributed by atoms with E-state index in [4.69, 9.17) is 16.7 Å². The highest BCUT2D eigenvalue weighted by Gasteiger charge is 2.32. The van der Waals surface area contributed by atoms with Crippen LogP contribution in [-0.4, -0.2) is 34.6 Å². The summed E-state index contributed by atoms with van der Waals surface area (Å²) in [6, 6.07) is 4.15. The van der Waals surface area contributed by atoms with E-state index >= 15 is 0 Å². The summed E-state index contributed by atoms with van der Waals surface area (Å²) in [4.78, 5) is 25.0. The highest BCUT2D eigenvalue weighted by atomic mass is 35.5. The maximum atomic E-state index is 12.2. The molecule has 1 aromatic rings. The van der Waals surface area contributed by atoms with Gasteiger partial charge in [-0.3, -0.25) is 0 Å². The molecule has 2 amide bonds. The molecule has 1 aliphatic carbocycles. The Balaban J connectivity index is 2.19. The summed E-state index contributed by atoms with van der Waals surface area (Å²) < 4.78 is 0. The van der Waals surface area contributed by atoms with Crippen molar-refractivity contribution in [2.75, 3.05) is 11.9 Å². The van der Waals surface area contributed by atoms with Crippen molar-refractivity contribution in [3.63, 3.8) is 0 Å². The lowest BCUT2D eigenvalue weighted by molar-refractivity contribution is 0.0698. The molecule has 0 aliphatic heterocycles. The summed E-state index contributed by atoms with van der Waals surface area (Å²) in [5.74, 6) is -1.11. The third kappa shape index (κ3) is 3.30. The van der Waals surface area contributed by atoms with Crippen LogP contribution >= 0.6 is 11.6 Å². The van der Waals surface area contributed by atoms with E-state index in [0.29, 0.717) is 11.6 Å². The van der Waals surface area contributed by atoms with Gasteiger partial charge in [-0.05, 0) is 31.0 Å². The third-order valence-corrected chi connectivity index (χ3v) is 3.26. The highest BCUT2D eigenvalue weighted by Crippen LogP contribution is 2.28. The minimum atomic E-state index is -1.11. The zero-order valence-electron chi connectivity index (χ0n) is 10.8. The standard InChI is InChI=1S/C14H15ClN2O3/c1-2-7-17(10-4-5-10)14(20)16-12-8-9(15)3-6-11(12)13(18)19/h2-3,6,8,10H,1,4-5,7H2,(H,16,20)(H,18,19). The van der Waals surface area contributed by atoms with Crippen LogP contribution in [0.4, 0.5) is 10.5 Å². The Morgan fingerprint density at radius 3 is 2.75 bits per heavy atom. The number of nitrogens with zero attached hydrogens (tertiary/aromatic N) is 1. The first-order valence-electron chi connectivity index (χ1n) is 6.24. The number of carboxylic acids is 1. The van der Waals surface area contributed by atoms with Crippen LogP contribution in [0, 0.1) is 0 Å². The number of carboxylic acid groups (broad SMARTS) is 1. The second kappa shape index (κ2) is 5.96. The molecule has 1 aliphatic rings. The molecule has 0 heterocycles. The number of anilines is 1. The van der Waals surface area contributed by atoms with Gasteiger partial charge in [0.1, 0.15) is 0 Å². The fourth-order valence-electron chi connectivity index (χ4n) is 1.92. The number of carbonyl (C=O) groups excluding carboxylic acids is 1. The van der Waals surface area contributed by atoms with Crippen LogP contribution in [0.15, 0.2) is 30.9 Å². The molecule has 1 fully saturated rings. The van der Waals surface area contributed by atoms with Crippen molar-refractivity contribution in [1.82, 2.24) is 4.90 Å². The summed E-state index contributed by atoms with van der Waals surface area (Å²) in [6.45, 7) is 4.05. The van der Waals surface area contributed by atoms with Crippen molar-refractivity contribution in [3.05, 3.63) is 41.4 Å². The van der Waals surface area contributed by atoms with Gasteiger partial charge in [0.25, 0.3) is 0 Å². The van der Waals surface area contributed by atoms with E-state index in [1.165, 1.54) is 18.2 Å². The number of amides is 2. The number of hydrogen-bond donors (Lipinski definition) is 2. The summed E-state index contributed by atoms with van der Waals surface area (Å²) >= 11 is 5.85. The molecular formula is C14H15ClN2O3. The second-order valence-electron chi connectivity index (χ2n) is 4.60. The average Bonchev–Trinajstić information content (AvgIpc) is 3.19. The predicted molar refractivity (Wildman–Crippen MR) is 77.4 cm³/mol. The smallest absolute Gasteiger partial charge is 0.337 e. The molecule has 2 N–H and O–H groups in total. The monoisotopic (exact) mass is 294 g/mol.